The zero-order valence-corrected chi connectivity index (χ0v) is 25.0. The maximum Gasteiger partial charge on any atom is 0.338 e. The number of ether oxygens (including phenoxy) is 5. The third-order valence-corrected chi connectivity index (χ3v) is 8.04. The molecule has 5 rings (SSSR count). The van der Waals surface area contributed by atoms with Gasteiger partial charge in [-0.15, -0.1) is 0 Å². The van der Waals surface area contributed by atoms with Gasteiger partial charge in [0.05, 0.1) is 29.9 Å². The molecule has 0 radical (unpaired) electrons. The van der Waals surface area contributed by atoms with Crippen LogP contribution in [0.3, 0.4) is 0 Å². The molecule has 232 valence electrons. The highest BCUT2D eigenvalue weighted by atomic mass is 32.2. The molecule has 0 aliphatic carbocycles. The Labute approximate surface area is 265 Å². The maximum absolute atomic E-state index is 13.5. The van der Waals surface area contributed by atoms with Crippen LogP contribution in [0.4, 0.5) is 0 Å². The van der Waals surface area contributed by atoms with Crippen LogP contribution in [-0.4, -0.2) is 72.7 Å². The largest absolute Gasteiger partial charge is 0.459 e. The Balaban J connectivity index is 1.51. The first kappa shape index (κ1) is 31.9. The third-order valence-electron chi connectivity index (χ3n) is 6.88. The molecule has 0 bridgehead atoms. The maximum atomic E-state index is 13.5. The van der Waals surface area contributed by atoms with E-state index >= 15 is 0 Å². The lowest BCUT2D eigenvalue weighted by atomic mass is 9.98. The van der Waals surface area contributed by atoms with E-state index in [0.29, 0.717) is 5.56 Å². The molecule has 1 saturated heterocycles. The molecule has 4 aromatic rings. The van der Waals surface area contributed by atoms with Crippen LogP contribution in [0.25, 0.3) is 0 Å². The second-order valence-corrected chi connectivity index (χ2v) is 11.1. The average molecular weight is 629 g/mol. The summed E-state index contributed by atoms with van der Waals surface area (Å²) in [5, 5.41) is 9.66. The summed E-state index contributed by atoms with van der Waals surface area (Å²) in [6.45, 7) is -0.740. The van der Waals surface area contributed by atoms with Gasteiger partial charge < -0.3 is 28.8 Å². The first-order valence-corrected chi connectivity index (χ1v) is 15.3. The highest BCUT2D eigenvalue weighted by Gasteiger charge is 2.52. The van der Waals surface area contributed by atoms with E-state index in [4.69, 9.17) is 23.7 Å². The monoisotopic (exact) mass is 628 g/mol. The number of benzene rings is 4. The van der Waals surface area contributed by atoms with Crippen molar-refractivity contribution in [1.82, 2.24) is 0 Å². The Bertz CT molecular complexity index is 1520. The summed E-state index contributed by atoms with van der Waals surface area (Å²) in [6, 6.07) is 34.5. The molecule has 1 aliphatic rings. The summed E-state index contributed by atoms with van der Waals surface area (Å²) in [5.74, 6) is -1.97. The summed E-state index contributed by atoms with van der Waals surface area (Å²) in [4.78, 5) is 40.6. The molecule has 0 amide bonds. The lowest BCUT2D eigenvalue weighted by Gasteiger charge is -2.44. The smallest absolute Gasteiger partial charge is 0.338 e. The number of aliphatic hydroxyl groups excluding tert-OH is 1. The van der Waals surface area contributed by atoms with E-state index in [-0.39, 0.29) is 30.9 Å². The Morgan fingerprint density at radius 1 is 0.622 bits per heavy atom. The van der Waals surface area contributed by atoms with Crippen molar-refractivity contribution in [2.75, 3.05) is 19.8 Å². The van der Waals surface area contributed by atoms with Gasteiger partial charge in [-0.05, 0) is 48.5 Å². The molecule has 1 N–H and O–H groups in total. The van der Waals surface area contributed by atoms with E-state index in [0.717, 1.165) is 4.90 Å². The summed E-state index contributed by atoms with van der Waals surface area (Å²) < 4.78 is 30.2. The van der Waals surface area contributed by atoms with Crippen LogP contribution in [0.5, 0.6) is 0 Å². The van der Waals surface area contributed by atoms with Gasteiger partial charge >= 0.3 is 17.9 Å². The minimum atomic E-state index is -1.26. The van der Waals surface area contributed by atoms with Gasteiger partial charge in [0, 0.05) is 4.90 Å². The van der Waals surface area contributed by atoms with E-state index < -0.39 is 47.8 Å². The van der Waals surface area contributed by atoms with E-state index in [2.05, 4.69) is 0 Å². The molecule has 5 atom stereocenters. The van der Waals surface area contributed by atoms with E-state index in [9.17, 15) is 19.5 Å². The van der Waals surface area contributed by atoms with Crippen LogP contribution in [-0.2, 0) is 23.7 Å². The minimum absolute atomic E-state index is 0.105. The number of esters is 3. The number of carbonyl (C=O) groups is 3. The Hall–Kier alpha value is -4.48. The minimum Gasteiger partial charge on any atom is -0.459 e. The molecule has 0 aromatic heterocycles. The highest BCUT2D eigenvalue weighted by molar-refractivity contribution is 7.99. The van der Waals surface area contributed by atoms with E-state index in [1.165, 1.54) is 11.8 Å². The number of hydrogen-bond donors (Lipinski definition) is 1. The van der Waals surface area contributed by atoms with Gasteiger partial charge in [-0.3, -0.25) is 0 Å². The standard InChI is InChI=1S/C35H32O9S/c36-21-22-40-31-30(44-34(39)26-17-9-3-10-18-26)29(43-33(38)25-15-7-2-8-16-25)28(23-41-32(37)24-13-5-1-6-14-24)42-35(31)45-27-19-11-4-12-20-27/h1-20,28-31,35-36H,21-23H2/t28-,29-,30+,31-,35+/m1/s1. The zero-order chi connectivity index (χ0) is 31.4. The first-order chi connectivity index (χ1) is 22.0. The van der Waals surface area contributed by atoms with Crippen molar-refractivity contribution in [2.24, 2.45) is 0 Å². The molecule has 10 heteroatoms. The number of carbonyl (C=O) groups excluding carboxylic acids is 3. The second kappa shape index (κ2) is 16.0. The fourth-order valence-corrected chi connectivity index (χ4v) is 5.88. The molecule has 1 fully saturated rings. The van der Waals surface area contributed by atoms with Crippen LogP contribution in [0.2, 0.25) is 0 Å². The Morgan fingerprint density at radius 2 is 1.09 bits per heavy atom. The van der Waals surface area contributed by atoms with Gasteiger partial charge in [0.2, 0.25) is 0 Å². The SMILES string of the molecule is O=C(OC[C@H]1O[C@@H](Sc2ccccc2)[C@H](OCCO)[C@@H](OC(=O)c2ccccc2)[C@@H]1OC(=O)c1ccccc1)c1ccccc1. The molecular formula is C35H32O9S. The van der Waals surface area contributed by atoms with Crippen molar-refractivity contribution >= 4 is 29.7 Å². The molecule has 0 spiro atoms. The average Bonchev–Trinajstić information content (AvgIpc) is 3.09. The van der Waals surface area contributed by atoms with Crippen molar-refractivity contribution in [3.8, 4) is 0 Å². The van der Waals surface area contributed by atoms with E-state index in [1.54, 1.807) is 91.0 Å². The molecule has 1 aliphatic heterocycles. The highest BCUT2D eigenvalue weighted by Crippen LogP contribution is 2.38. The fourth-order valence-electron chi connectivity index (χ4n) is 4.73. The summed E-state index contributed by atoms with van der Waals surface area (Å²) in [6.07, 6.45) is -4.53. The molecule has 0 saturated carbocycles. The summed E-state index contributed by atoms with van der Waals surface area (Å²) in [7, 11) is 0. The summed E-state index contributed by atoms with van der Waals surface area (Å²) >= 11 is 1.30. The van der Waals surface area contributed by atoms with Crippen LogP contribution in [0, 0.1) is 0 Å². The predicted molar refractivity (Wildman–Crippen MR) is 166 cm³/mol. The van der Waals surface area contributed by atoms with Gasteiger partial charge in [0.25, 0.3) is 0 Å². The van der Waals surface area contributed by atoms with E-state index in [1.807, 2.05) is 30.3 Å². The Kier molecular flexibility index (Phi) is 11.4. The molecule has 45 heavy (non-hydrogen) atoms. The lowest BCUT2D eigenvalue weighted by molar-refractivity contribution is -0.220. The first-order valence-electron chi connectivity index (χ1n) is 14.4. The van der Waals surface area contributed by atoms with Crippen LogP contribution >= 0.6 is 11.8 Å². The molecule has 1 heterocycles. The van der Waals surface area contributed by atoms with Gasteiger partial charge in [-0.25, -0.2) is 14.4 Å². The van der Waals surface area contributed by atoms with Crippen LogP contribution < -0.4 is 0 Å². The Morgan fingerprint density at radius 3 is 1.60 bits per heavy atom. The quantitative estimate of drug-likeness (QED) is 0.166. The van der Waals surface area contributed by atoms with Gasteiger partial charge in [0.1, 0.15) is 24.3 Å². The molecule has 0 unspecified atom stereocenters. The van der Waals surface area contributed by atoms with Gasteiger partial charge in [-0.2, -0.15) is 0 Å². The van der Waals surface area contributed by atoms with Crippen molar-refractivity contribution in [1.29, 1.82) is 0 Å². The normalized spacial score (nSPS) is 21.0. The second-order valence-electron chi connectivity index (χ2n) is 9.97. The van der Waals surface area contributed by atoms with Crippen LogP contribution in [0.1, 0.15) is 31.1 Å². The fraction of sp³-hybridized carbons (Fsp3) is 0.229. The third kappa shape index (κ3) is 8.58. The number of rotatable bonds is 12. The molecule has 4 aromatic carbocycles. The zero-order valence-electron chi connectivity index (χ0n) is 24.2. The van der Waals surface area contributed by atoms with Crippen molar-refractivity contribution in [3.05, 3.63) is 138 Å². The molecular weight excluding hydrogens is 596 g/mol. The van der Waals surface area contributed by atoms with Crippen molar-refractivity contribution < 1.29 is 43.2 Å². The number of aliphatic hydroxyl groups is 1. The van der Waals surface area contributed by atoms with Crippen molar-refractivity contribution in [3.63, 3.8) is 0 Å². The van der Waals surface area contributed by atoms with Crippen molar-refractivity contribution in [2.45, 2.75) is 34.7 Å². The number of hydrogen-bond acceptors (Lipinski definition) is 10. The topological polar surface area (TPSA) is 118 Å². The lowest BCUT2D eigenvalue weighted by Crippen LogP contribution is -2.61. The molecule has 9 nitrogen and oxygen atoms in total. The van der Waals surface area contributed by atoms with Gasteiger partial charge in [-0.1, -0.05) is 84.6 Å². The van der Waals surface area contributed by atoms with Crippen LogP contribution in [0.15, 0.2) is 126 Å². The number of thioether (sulfide) groups is 1. The van der Waals surface area contributed by atoms with Gasteiger partial charge in [0.15, 0.2) is 12.2 Å². The predicted octanol–water partition coefficient (Wildman–Crippen LogP) is 5.19. The summed E-state index contributed by atoms with van der Waals surface area (Å²) in [5.41, 5.74) is 0.0498.